The van der Waals surface area contributed by atoms with Crippen LogP contribution in [-0.2, 0) is 4.79 Å². The van der Waals surface area contributed by atoms with Gasteiger partial charge in [-0.3, -0.25) is 9.59 Å². The van der Waals surface area contributed by atoms with Gasteiger partial charge in [-0.05, 0) is 55.5 Å². The fraction of sp³-hybridized carbons (Fsp3) is 0.417. The first-order chi connectivity index (χ1) is 13.4. The number of hydrogen-bond donors (Lipinski definition) is 0. The van der Waals surface area contributed by atoms with Crippen LogP contribution in [0.25, 0.3) is 11.1 Å². The van der Waals surface area contributed by atoms with Gasteiger partial charge in [0, 0.05) is 37.2 Å². The molecule has 0 atom stereocenters. The van der Waals surface area contributed by atoms with Gasteiger partial charge in [0.25, 0.3) is 5.91 Å². The van der Waals surface area contributed by atoms with Gasteiger partial charge < -0.3 is 9.80 Å². The smallest absolute Gasteiger partial charge is 0.253 e. The van der Waals surface area contributed by atoms with Crippen molar-refractivity contribution in [1.29, 1.82) is 0 Å². The van der Waals surface area contributed by atoms with Crippen molar-refractivity contribution < 1.29 is 9.59 Å². The lowest BCUT2D eigenvalue weighted by molar-refractivity contribution is -0.137. The van der Waals surface area contributed by atoms with Gasteiger partial charge in [-0.1, -0.05) is 42.8 Å². The zero-order chi connectivity index (χ0) is 19.9. The maximum Gasteiger partial charge on any atom is 0.253 e. The highest BCUT2D eigenvalue weighted by atomic mass is 16.2. The van der Waals surface area contributed by atoms with E-state index in [1.165, 1.54) is 16.7 Å². The second kappa shape index (κ2) is 7.08. The Labute approximate surface area is 167 Å². The van der Waals surface area contributed by atoms with Crippen molar-refractivity contribution in [3.8, 4) is 11.1 Å². The Morgan fingerprint density at radius 1 is 0.857 bits per heavy atom. The SMILES string of the molecule is Cc1ccc(C)c(-c2ccc(C(=O)N3CCN(C(=O)C4(C)CC4)CC3)cc2)c1. The maximum atomic E-state index is 12.9. The third-order valence-corrected chi connectivity index (χ3v) is 6.21. The highest BCUT2D eigenvalue weighted by molar-refractivity contribution is 5.95. The molecule has 0 N–H and O–H groups in total. The average Bonchev–Trinajstić information content (AvgIpc) is 3.47. The molecule has 2 aromatic rings. The Hall–Kier alpha value is -2.62. The molecule has 2 amide bonds. The molecule has 1 saturated heterocycles. The fourth-order valence-corrected chi connectivity index (χ4v) is 3.92. The molecule has 0 bridgehead atoms. The predicted molar refractivity (Wildman–Crippen MR) is 111 cm³/mol. The highest BCUT2D eigenvalue weighted by Gasteiger charge is 2.47. The van der Waals surface area contributed by atoms with Crippen molar-refractivity contribution in [2.24, 2.45) is 5.41 Å². The Bertz CT molecular complexity index is 905. The van der Waals surface area contributed by atoms with Crippen molar-refractivity contribution >= 4 is 11.8 Å². The van der Waals surface area contributed by atoms with Gasteiger partial charge in [-0.15, -0.1) is 0 Å². The number of carbonyl (C=O) groups is 2. The third kappa shape index (κ3) is 3.56. The summed E-state index contributed by atoms with van der Waals surface area (Å²) in [4.78, 5) is 29.1. The van der Waals surface area contributed by atoms with Crippen LogP contribution >= 0.6 is 0 Å². The van der Waals surface area contributed by atoms with Gasteiger partial charge in [0.1, 0.15) is 0 Å². The van der Waals surface area contributed by atoms with Crippen LogP contribution in [0.3, 0.4) is 0 Å². The van der Waals surface area contributed by atoms with Crippen molar-refractivity contribution in [2.45, 2.75) is 33.6 Å². The third-order valence-electron chi connectivity index (χ3n) is 6.21. The molecular weight excluding hydrogens is 348 g/mol. The molecule has 0 radical (unpaired) electrons. The lowest BCUT2D eigenvalue weighted by Gasteiger charge is -2.36. The van der Waals surface area contributed by atoms with E-state index in [0.717, 1.165) is 18.4 Å². The normalized spacial score (nSPS) is 18.1. The molecule has 0 aromatic heterocycles. The van der Waals surface area contributed by atoms with Crippen molar-refractivity contribution in [3.05, 3.63) is 59.2 Å². The molecule has 2 aliphatic rings. The zero-order valence-electron chi connectivity index (χ0n) is 17.0. The quantitative estimate of drug-likeness (QED) is 0.811. The molecule has 0 unspecified atom stereocenters. The minimum Gasteiger partial charge on any atom is -0.339 e. The molecule has 1 heterocycles. The Morgan fingerprint density at radius 2 is 1.46 bits per heavy atom. The summed E-state index contributed by atoms with van der Waals surface area (Å²) < 4.78 is 0. The van der Waals surface area contributed by atoms with Crippen LogP contribution in [0.2, 0.25) is 0 Å². The monoisotopic (exact) mass is 376 g/mol. The Morgan fingerprint density at radius 3 is 2.07 bits per heavy atom. The van der Waals surface area contributed by atoms with Crippen LogP contribution in [0, 0.1) is 19.3 Å². The van der Waals surface area contributed by atoms with Crippen LogP contribution in [0.15, 0.2) is 42.5 Å². The summed E-state index contributed by atoms with van der Waals surface area (Å²) in [6.45, 7) is 8.75. The molecule has 4 heteroatoms. The van der Waals surface area contributed by atoms with Crippen molar-refractivity contribution in [3.63, 3.8) is 0 Å². The van der Waals surface area contributed by atoms with Gasteiger partial charge >= 0.3 is 0 Å². The molecule has 4 rings (SSSR count). The summed E-state index contributed by atoms with van der Waals surface area (Å²) in [5, 5.41) is 0. The van der Waals surface area contributed by atoms with Crippen LogP contribution < -0.4 is 0 Å². The largest absolute Gasteiger partial charge is 0.339 e. The summed E-state index contributed by atoms with van der Waals surface area (Å²) >= 11 is 0. The van der Waals surface area contributed by atoms with Gasteiger partial charge in [0.05, 0.1) is 0 Å². The molecule has 0 spiro atoms. The molecule has 1 aliphatic heterocycles. The van der Waals surface area contributed by atoms with Crippen LogP contribution in [0.1, 0.15) is 41.3 Å². The maximum absolute atomic E-state index is 12.9. The number of hydrogen-bond acceptors (Lipinski definition) is 2. The van der Waals surface area contributed by atoms with Crippen LogP contribution in [0.4, 0.5) is 0 Å². The molecular formula is C24H28N2O2. The Kier molecular flexibility index (Phi) is 4.74. The summed E-state index contributed by atoms with van der Waals surface area (Å²) in [7, 11) is 0. The summed E-state index contributed by atoms with van der Waals surface area (Å²) in [5.74, 6) is 0.315. The summed E-state index contributed by atoms with van der Waals surface area (Å²) in [6, 6.07) is 14.3. The second-order valence-corrected chi connectivity index (χ2v) is 8.54. The minimum absolute atomic E-state index is 0.0530. The molecule has 1 aliphatic carbocycles. The first-order valence-corrected chi connectivity index (χ1v) is 10.1. The van der Waals surface area contributed by atoms with E-state index in [1.54, 1.807) is 0 Å². The van der Waals surface area contributed by atoms with Gasteiger partial charge in [0.2, 0.25) is 5.91 Å². The fourth-order valence-electron chi connectivity index (χ4n) is 3.92. The molecule has 28 heavy (non-hydrogen) atoms. The van der Waals surface area contributed by atoms with Gasteiger partial charge in [-0.25, -0.2) is 0 Å². The summed E-state index contributed by atoms with van der Waals surface area (Å²) in [5.41, 5.74) is 5.38. The van der Waals surface area contributed by atoms with E-state index in [9.17, 15) is 9.59 Å². The average molecular weight is 377 g/mol. The number of carbonyl (C=O) groups excluding carboxylic acids is 2. The predicted octanol–water partition coefficient (Wildman–Crippen LogP) is 4.05. The van der Waals surface area contributed by atoms with E-state index >= 15 is 0 Å². The van der Waals surface area contributed by atoms with E-state index in [1.807, 2.05) is 41.0 Å². The molecule has 146 valence electrons. The minimum atomic E-state index is -0.129. The molecule has 2 aromatic carbocycles. The van der Waals surface area contributed by atoms with E-state index in [-0.39, 0.29) is 17.2 Å². The van der Waals surface area contributed by atoms with Crippen molar-refractivity contribution in [2.75, 3.05) is 26.2 Å². The topological polar surface area (TPSA) is 40.6 Å². The number of rotatable bonds is 3. The van der Waals surface area contributed by atoms with E-state index < -0.39 is 0 Å². The standard InChI is InChI=1S/C24H28N2O2/c1-17-4-5-18(2)21(16-17)19-6-8-20(9-7-19)22(27)25-12-14-26(15-13-25)23(28)24(3)10-11-24/h4-9,16H,10-15H2,1-3H3. The van der Waals surface area contributed by atoms with Crippen molar-refractivity contribution in [1.82, 2.24) is 9.80 Å². The highest BCUT2D eigenvalue weighted by Crippen LogP contribution is 2.46. The zero-order valence-corrected chi connectivity index (χ0v) is 17.0. The molecule has 2 fully saturated rings. The first kappa shape index (κ1) is 18.7. The lowest BCUT2D eigenvalue weighted by atomic mass is 9.97. The van der Waals surface area contributed by atoms with Crippen LogP contribution in [-0.4, -0.2) is 47.8 Å². The number of nitrogens with zero attached hydrogens (tertiary/aromatic N) is 2. The second-order valence-electron chi connectivity index (χ2n) is 8.54. The lowest BCUT2D eigenvalue weighted by Crippen LogP contribution is -2.52. The molecule has 1 saturated carbocycles. The number of aryl methyl sites for hydroxylation is 2. The Balaban J connectivity index is 1.42. The van der Waals surface area contributed by atoms with E-state index in [4.69, 9.17) is 0 Å². The van der Waals surface area contributed by atoms with Gasteiger partial charge in [-0.2, -0.15) is 0 Å². The van der Waals surface area contributed by atoms with E-state index in [0.29, 0.717) is 31.7 Å². The van der Waals surface area contributed by atoms with Crippen LogP contribution in [0.5, 0.6) is 0 Å². The van der Waals surface area contributed by atoms with E-state index in [2.05, 4.69) is 32.0 Å². The number of benzene rings is 2. The molecule has 4 nitrogen and oxygen atoms in total. The first-order valence-electron chi connectivity index (χ1n) is 10.1. The van der Waals surface area contributed by atoms with Gasteiger partial charge in [0.15, 0.2) is 0 Å². The number of amides is 2. The number of piperazine rings is 1. The summed E-state index contributed by atoms with van der Waals surface area (Å²) in [6.07, 6.45) is 2.00.